The lowest BCUT2D eigenvalue weighted by atomic mass is 10.1. The number of rotatable bonds is 12. The van der Waals surface area contributed by atoms with Gasteiger partial charge >= 0.3 is 0 Å². The number of halogens is 4. The van der Waals surface area contributed by atoms with Gasteiger partial charge in [0.25, 0.3) is 0 Å². The smallest absolute Gasteiger partial charge is 0.163 e. The lowest BCUT2D eigenvalue weighted by Gasteiger charge is -2.08. The van der Waals surface area contributed by atoms with Crippen LogP contribution in [-0.4, -0.2) is 10.3 Å². The van der Waals surface area contributed by atoms with Gasteiger partial charge in [0.2, 0.25) is 0 Å². The third-order valence-corrected chi connectivity index (χ3v) is 6.96. The summed E-state index contributed by atoms with van der Waals surface area (Å²) in [5, 5.41) is 14.4. The molecule has 0 radical (unpaired) electrons. The molecule has 0 spiro atoms. The van der Waals surface area contributed by atoms with Gasteiger partial charge in [0, 0.05) is 71.0 Å². The lowest BCUT2D eigenvalue weighted by molar-refractivity contribution is 0.0727. The fourth-order valence-corrected chi connectivity index (χ4v) is 4.53. The molecule has 0 atom stereocenters. The summed E-state index contributed by atoms with van der Waals surface area (Å²) in [5.41, 5.74) is 5.19. The minimum absolute atomic E-state index is 0.168. The second-order valence-corrected chi connectivity index (χ2v) is 10.2. The highest BCUT2D eigenvalue weighted by Gasteiger charge is 2.11. The Kier molecular flexibility index (Phi) is 8.88. The third-order valence-electron chi connectivity index (χ3n) is 6.96. The fourth-order valence-electron chi connectivity index (χ4n) is 4.53. The van der Waals surface area contributed by atoms with Crippen LogP contribution in [0.1, 0.15) is 22.6 Å². The standard InChI is InChI=1S/C34H26F4N4O3/c35-25-7-1-23(31(37)13-25)17-39-27-9-3-21(4-10-27)33-15-29(44-41-33)19-43-20-30-16-34(42-45-30)22-5-11-28(12-6-22)40-18-24-2-8-26(36)14-32(24)38/h1-16,39-40H,17-20H2. The summed E-state index contributed by atoms with van der Waals surface area (Å²) < 4.78 is 70.5. The number of nitrogens with one attached hydrogen (secondary N) is 2. The average Bonchev–Trinajstić information content (AvgIpc) is 3.71. The van der Waals surface area contributed by atoms with Crippen molar-refractivity contribution in [2.75, 3.05) is 10.6 Å². The molecule has 6 aromatic rings. The molecule has 45 heavy (non-hydrogen) atoms. The van der Waals surface area contributed by atoms with Gasteiger partial charge in [-0.2, -0.15) is 0 Å². The summed E-state index contributed by atoms with van der Waals surface area (Å²) in [6, 6.07) is 25.3. The van der Waals surface area contributed by atoms with Crippen LogP contribution in [0, 0.1) is 23.3 Å². The van der Waals surface area contributed by atoms with Crippen molar-refractivity contribution >= 4 is 11.4 Å². The number of hydrogen-bond donors (Lipinski definition) is 2. The van der Waals surface area contributed by atoms with Gasteiger partial charge < -0.3 is 24.4 Å². The molecule has 2 N–H and O–H groups in total. The van der Waals surface area contributed by atoms with Crippen LogP contribution in [0.4, 0.5) is 28.9 Å². The quantitative estimate of drug-likeness (QED) is 0.134. The van der Waals surface area contributed by atoms with E-state index in [1.807, 2.05) is 48.5 Å². The van der Waals surface area contributed by atoms with Crippen molar-refractivity contribution in [3.63, 3.8) is 0 Å². The molecule has 0 amide bonds. The molecule has 0 fully saturated rings. The first-order chi connectivity index (χ1) is 21.9. The molecule has 0 aliphatic rings. The predicted molar refractivity (Wildman–Crippen MR) is 160 cm³/mol. The highest BCUT2D eigenvalue weighted by atomic mass is 19.1. The van der Waals surface area contributed by atoms with Gasteiger partial charge in [-0.1, -0.05) is 46.7 Å². The Morgan fingerprint density at radius 1 is 0.533 bits per heavy atom. The molecule has 6 rings (SSSR count). The Balaban J connectivity index is 0.964. The zero-order chi connectivity index (χ0) is 31.2. The number of aromatic nitrogens is 2. The van der Waals surface area contributed by atoms with E-state index in [1.165, 1.54) is 24.3 Å². The van der Waals surface area contributed by atoms with Gasteiger partial charge in [0.05, 0.1) is 0 Å². The Bertz CT molecular complexity index is 1750. The largest absolute Gasteiger partial charge is 0.381 e. The number of ether oxygens (including phenoxy) is 1. The molecule has 2 heterocycles. The van der Waals surface area contributed by atoms with E-state index in [0.29, 0.717) is 34.0 Å². The molecule has 0 saturated carbocycles. The van der Waals surface area contributed by atoms with Crippen LogP contribution >= 0.6 is 0 Å². The molecule has 0 bridgehead atoms. The second kappa shape index (κ2) is 13.5. The van der Waals surface area contributed by atoms with Crippen LogP contribution in [0.25, 0.3) is 22.5 Å². The van der Waals surface area contributed by atoms with Gasteiger partial charge in [0.15, 0.2) is 11.5 Å². The van der Waals surface area contributed by atoms with E-state index in [4.69, 9.17) is 13.8 Å². The predicted octanol–water partition coefficient (Wildman–Crippen LogP) is 8.49. The minimum Gasteiger partial charge on any atom is -0.381 e. The van der Waals surface area contributed by atoms with E-state index < -0.39 is 23.3 Å². The van der Waals surface area contributed by atoms with Gasteiger partial charge in [-0.25, -0.2) is 17.6 Å². The zero-order valence-electron chi connectivity index (χ0n) is 23.7. The number of anilines is 2. The zero-order valence-corrected chi connectivity index (χ0v) is 23.7. The lowest BCUT2D eigenvalue weighted by Crippen LogP contribution is -2.02. The van der Waals surface area contributed by atoms with Crippen LogP contribution < -0.4 is 10.6 Å². The molecule has 7 nitrogen and oxygen atoms in total. The van der Waals surface area contributed by atoms with E-state index in [9.17, 15) is 17.6 Å². The van der Waals surface area contributed by atoms with Gasteiger partial charge in [-0.3, -0.25) is 0 Å². The van der Waals surface area contributed by atoms with Gasteiger partial charge in [-0.05, 0) is 36.4 Å². The van der Waals surface area contributed by atoms with Crippen molar-refractivity contribution in [2.45, 2.75) is 26.3 Å². The monoisotopic (exact) mass is 614 g/mol. The molecule has 11 heteroatoms. The fraction of sp³-hybridized carbons (Fsp3) is 0.118. The molecule has 2 aromatic heterocycles. The first kappa shape index (κ1) is 29.6. The van der Waals surface area contributed by atoms with Gasteiger partial charge in [-0.15, -0.1) is 0 Å². The van der Waals surface area contributed by atoms with Crippen LogP contribution in [0.5, 0.6) is 0 Å². The molecule has 0 aliphatic heterocycles. The highest BCUT2D eigenvalue weighted by Crippen LogP contribution is 2.24. The Hall–Kier alpha value is -5.42. The first-order valence-corrected chi connectivity index (χ1v) is 13.9. The number of hydrogen-bond acceptors (Lipinski definition) is 7. The minimum atomic E-state index is -0.611. The molecule has 0 saturated heterocycles. The molecule has 0 aliphatic carbocycles. The molecule has 0 unspecified atom stereocenters. The van der Waals surface area contributed by atoms with E-state index in [-0.39, 0.29) is 26.3 Å². The Morgan fingerprint density at radius 2 is 0.956 bits per heavy atom. The first-order valence-electron chi connectivity index (χ1n) is 13.9. The normalized spacial score (nSPS) is 11.1. The topological polar surface area (TPSA) is 85.4 Å². The number of benzene rings is 4. The van der Waals surface area contributed by atoms with E-state index in [2.05, 4.69) is 20.9 Å². The summed E-state index contributed by atoms with van der Waals surface area (Å²) in [6.07, 6.45) is 0. The Morgan fingerprint density at radius 3 is 1.36 bits per heavy atom. The van der Waals surface area contributed by atoms with Crippen molar-refractivity contribution in [1.82, 2.24) is 10.3 Å². The van der Waals surface area contributed by atoms with Crippen LogP contribution in [0.2, 0.25) is 0 Å². The summed E-state index contributed by atoms with van der Waals surface area (Å²) in [4.78, 5) is 0. The summed E-state index contributed by atoms with van der Waals surface area (Å²) in [7, 11) is 0. The summed E-state index contributed by atoms with van der Waals surface area (Å²) >= 11 is 0. The van der Waals surface area contributed by atoms with Crippen LogP contribution in [0.3, 0.4) is 0 Å². The molecule has 228 valence electrons. The number of nitrogens with zero attached hydrogens (tertiary/aromatic N) is 2. The molecular formula is C34H26F4N4O3. The second-order valence-electron chi connectivity index (χ2n) is 10.2. The Labute approximate surface area is 255 Å². The van der Waals surface area contributed by atoms with E-state index >= 15 is 0 Å². The van der Waals surface area contributed by atoms with Crippen LogP contribution in [-0.2, 0) is 31.0 Å². The maximum absolute atomic E-state index is 13.9. The van der Waals surface area contributed by atoms with Crippen molar-refractivity contribution in [3.8, 4) is 22.5 Å². The van der Waals surface area contributed by atoms with Gasteiger partial charge in [0.1, 0.15) is 47.9 Å². The third kappa shape index (κ3) is 7.57. The van der Waals surface area contributed by atoms with Crippen molar-refractivity contribution < 1.29 is 31.3 Å². The average molecular weight is 615 g/mol. The highest BCUT2D eigenvalue weighted by molar-refractivity contribution is 5.63. The van der Waals surface area contributed by atoms with Crippen LogP contribution in [0.15, 0.2) is 106 Å². The summed E-state index contributed by atoms with van der Waals surface area (Å²) in [5.74, 6) is -1.36. The SMILES string of the molecule is Fc1ccc(CNc2ccc(-c3cc(COCc4cc(-c5ccc(NCc6ccc(F)cc6F)cc5)no4)on3)cc2)c(F)c1. The summed E-state index contributed by atoms with van der Waals surface area (Å²) in [6.45, 7) is 0.773. The maximum Gasteiger partial charge on any atom is 0.163 e. The van der Waals surface area contributed by atoms with Crippen molar-refractivity contribution in [2.24, 2.45) is 0 Å². The van der Waals surface area contributed by atoms with E-state index in [0.717, 1.165) is 34.6 Å². The molecular weight excluding hydrogens is 588 g/mol. The van der Waals surface area contributed by atoms with Crippen molar-refractivity contribution in [3.05, 3.63) is 143 Å². The molecule has 4 aromatic carbocycles. The van der Waals surface area contributed by atoms with E-state index in [1.54, 1.807) is 12.1 Å². The maximum atomic E-state index is 13.9. The van der Waals surface area contributed by atoms with Crippen molar-refractivity contribution in [1.29, 1.82) is 0 Å².